The van der Waals surface area contributed by atoms with E-state index in [0.717, 1.165) is 63.9 Å². The first-order valence-electron chi connectivity index (χ1n) is 11.0. The van der Waals surface area contributed by atoms with Crippen LogP contribution in [0, 0.1) is 5.82 Å². The molecule has 2 atom stereocenters. The Morgan fingerprint density at radius 1 is 0.900 bits per heavy atom. The van der Waals surface area contributed by atoms with Gasteiger partial charge >= 0.3 is 0 Å². The smallest absolute Gasteiger partial charge is 0.169 e. The summed E-state index contributed by atoms with van der Waals surface area (Å²) in [6, 6.07) is 16.4. The molecule has 2 heterocycles. The van der Waals surface area contributed by atoms with Crippen molar-refractivity contribution in [1.82, 2.24) is 20.0 Å². The second kappa shape index (κ2) is 8.61. The second-order valence-corrected chi connectivity index (χ2v) is 8.97. The van der Waals surface area contributed by atoms with E-state index in [2.05, 4.69) is 44.3 Å². The molecule has 1 aliphatic carbocycles. The molecule has 2 aliphatic heterocycles. The maximum Gasteiger partial charge on any atom is 0.169 e. The third-order valence-electron chi connectivity index (χ3n) is 6.94. The van der Waals surface area contributed by atoms with Gasteiger partial charge in [-0.25, -0.2) is 4.39 Å². The van der Waals surface area contributed by atoms with Gasteiger partial charge in [-0.15, -0.1) is 0 Å². The SMILES string of the molecule is Fc1ccc(C2CC(N3CCN(CCN4CCNC4=S)CC3)c3ccccc32)cc1. The number of halogens is 1. The summed E-state index contributed by atoms with van der Waals surface area (Å²) in [7, 11) is 0. The Morgan fingerprint density at radius 2 is 1.63 bits per heavy atom. The summed E-state index contributed by atoms with van der Waals surface area (Å²) in [6.45, 7) is 8.50. The molecule has 5 rings (SSSR count). The molecule has 3 aliphatic rings. The summed E-state index contributed by atoms with van der Waals surface area (Å²) in [5.41, 5.74) is 4.08. The molecule has 2 saturated heterocycles. The van der Waals surface area contributed by atoms with Gasteiger partial charge in [0.25, 0.3) is 0 Å². The second-order valence-electron chi connectivity index (χ2n) is 8.58. The number of piperazine rings is 1. The number of thiocarbonyl (C=S) groups is 1. The maximum absolute atomic E-state index is 13.4. The fraction of sp³-hybridized carbons (Fsp3) is 0.458. The van der Waals surface area contributed by atoms with Crippen molar-refractivity contribution in [3.05, 3.63) is 71.0 Å². The summed E-state index contributed by atoms with van der Waals surface area (Å²) in [6.07, 6.45) is 1.08. The van der Waals surface area contributed by atoms with Gasteiger partial charge in [-0.1, -0.05) is 36.4 Å². The number of nitrogens with one attached hydrogen (secondary N) is 1. The topological polar surface area (TPSA) is 21.8 Å². The minimum absolute atomic E-state index is 0.164. The van der Waals surface area contributed by atoms with Gasteiger partial charge in [0.2, 0.25) is 0 Å². The Labute approximate surface area is 183 Å². The quantitative estimate of drug-likeness (QED) is 0.742. The molecule has 4 nitrogen and oxygen atoms in total. The molecule has 2 aromatic rings. The Bertz CT molecular complexity index is 894. The molecule has 30 heavy (non-hydrogen) atoms. The number of fused-ring (bicyclic) bond motifs is 1. The monoisotopic (exact) mass is 424 g/mol. The highest BCUT2D eigenvalue weighted by molar-refractivity contribution is 7.80. The lowest BCUT2D eigenvalue weighted by atomic mass is 9.93. The summed E-state index contributed by atoms with van der Waals surface area (Å²) < 4.78 is 13.4. The van der Waals surface area contributed by atoms with Crippen LogP contribution < -0.4 is 5.32 Å². The average molecular weight is 425 g/mol. The van der Waals surface area contributed by atoms with Crippen LogP contribution in [-0.4, -0.2) is 72.2 Å². The van der Waals surface area contributed by atoms with Crippen molar-refractivity contribution in [2.45, 2.75) is 18.4 Å². The fourth-order valence-electron chi connectivity index (χ4n) is 5.25. The number of benzene rings is 2. The molecular formula is C24H29FN4S. The molecule has 6 heteroatoms. The van der Waals surface area contributed by atoms with Crippen LogP contribution in [0.5, 0.6) is 0 Å². The molecule has 2 fully saturated rings. The van der Waals surface area contributed by atoms with Crippen LogP contribution >= 0.6 is 12.2 Å². The predicted molar refractivity (Wildman–Crippen MR) is 122 cm³/mol. The molecule has 1 N–H and O–H groups in total. The molecule has 0 amide bonds. The Hall–Kier alpha value is -2.02. The third kappa shape index (κ3) is 3.96. The largest absolute Gasteiger partial charge is 0.361 e. The summed E-state index contributed by atoms with van der Waals surface area (Å²) in [5, 5.41) is 4.15. The van der Waals surface area contributed by atoms with Crippen molar-refractivity contribution >= 4 is 17.3 Å². The molecule has 0 saturated carbocycles. The highest BCUT2D eigenvalue weighted by Crippen LogP contribution is 2.46. The van der Waals surface area contributed by atoms with Crippen LogP contribution in [-0.2, 0) is 0 Å². The van der Waals surface area contributed by atoms with E-state index in [1.807, 2.05) is 12.1 Å². The molecule has 2 aromatic carbocycles. The molecule has 0 spiro atoms. The normalized spacial score (nSPS) is 24.8. The maximum atomic E-state index is 13.4. The van der Waals surface area contributed by atoms with Gasteiger partial charge in [-0.2, -0.15) is 0 Å². The predicted octanol–water partition coefficient (Wildman–Crippen LogP) is 3.21. The van der Waals surface area contributed by atoms with E-state index >= 15 is 0 Å². The Morgan fingerprint density at radius 3 is 2.33 bits per heavy atom. The molecule has 158 valence electrons. The van der Waals surface area contributed by atoms with E-state index in [4.69, 9.17) is 12.2 Å². The van der Waals surface area contributed by atoms with Gasteiger partial charge in [0.1, 0.15) is 5.82 Å². The molecule has 0 radical (unpaired) electrons. The van der Waals surface area contributed by atoms with Crippen LogP contribution in [0.1, 0.15) is 35.1 Å². The first-order chi connectivity index (χ1) is 14.7. The minimum atomic E-state index is -0.164. The van der Waals surface area contributed by atoms with E-state index in [9.17, 15) is 4.39 Å². The summed E-state index contributed by atoms with van der Waals surface area (Å²) in [5.74, 6) is 0.191. The highest BCUT2D eigenvalue weighted by Gasteiger charge is 2.36. The number of hydrogen-bond acceptors (Lipinski definition) is 3. The van der Waals surface area contributed by atoms with Crippen molar-refractivity contribution in [1.29, 1.82) is 0 Å². The zero-order chi connectivity index (χ0) is 20.5. The molecule has 0 bridgehead atoms. The summed E-state index contributed by atoms with van der Waals surface area (Å²) in [4.78, 5) is 7.50. The van der Waals surface area contributed by atoms with E-state index in [0.29, 0.717) is 12.0 Å². The van der Waals surface area contributed by atoms with Crippen LogP contribution in [0.15, 0.2) is 48.5 Å². The molecule has 0 aromatic heterocycles. The lowest BCUT2D eigenvalue weighted by Gasteiger charge is -2.39. The fourth-order valence-corrected chi connectivity index (χ4v) is 5.54. The van der Waals surface area contributed by atoms with E-state index in [1.54, 1.807) is 12.1 Å². The van der Waals surface area contributed by atoms with Crippen LogP contribution in [0.2, 0.25) is 0 Å². The van der Waals surface area contributed by atoms with Gasteiger partial charge in [-0.3, -0.25) is 9.80 Å². The van der Waals surface area contributed by atoms with Gasteiger partial charge in [0, 0.05) is 64.3 Å². The Kier molecular flexibility index (Phi) is 5.72. The van der Waals surface area contributed by atoms with Gasteiger partial charge in [0.05, 0.1) is 0 Å². The van der Waals surface area contributed by atoms with Crippen molar-refractivity contribution in [2.24, 2.45) is 0 Å². The molecule has 2 unspecified atom stereocenters. The first-order valence-corrected chi connectivity index (χ1v) is 11.4. The van der Waals surface area contributed by atoms with Crippen LogP contribution in [0.25, 0.3) is 0 Å². The van der Waals surface area contributed by atoms with Crippen molar-refractivity contribution in [3.8, 4) is 0 Å². The summed E-state index contributed by atoms with van der Waals surface area (Å²) >= 11 is 5.36. The van der Waals surface area contributed by atoms with Gasteiger partial charge in [0.15, 0.2) is 5.11 Å². The van der Waals surface area contributed by atoms with Crippen LogP contribution in [0.4, 0.5) is 4.39 Å². The zero-order valence-corrected chi connectivity index (χ0v) is 18.1. The average Bonchev–Trinajstić information content (AvgIpc) is 3.37. The van der Waals surface area contributed by atoms with Crippen molar-refractivity contribution in [3.63, 3.8) is 0 Å². The van der Waals surface area contributed by atoms with Gasteiger partial charge in [-0.05, 0) is 47.5 Å². The van der Waals surface area contributed by atoms with Crippen LogP contribution in [0.3, 0.4) is 0 Å². The lowest BCUT2D eigenvalue weighted by Crippen LogP contribution is -2.49. The molecular weight excluding hydrogens is 395 g/mol. The van der Waals surface area contributed by atoms with Crippen molar-refractivity contribution in [2.75, 3.05) is 52.4 Å². The minimum Gasteiger partial charge on any atom is -0.361 e. The number of hydrogen-bond donors (Lipinski definition) is 1. The first kappa shape index (κ1) is 19.9. The standard InChI is InChI=1S/C24H29FN4S/c25-19-7-5-18(6-8-19)22-17-23(21-4-2-1-3-20(21)22)28-14-11-27(12-15-28)13-16-29-10-9-26-24(29)30/h1-8,22-23H,9-17H2,(H,26,30). The van der Waals surface area contributed by atoms with E-state index in [-0.39, 0.29) is 5.82 Å². The van der Waals surface area contributed by atoms with Gasteiger partial charge < -0.3 is 10.2 Å². The van der Waals surface area contributed by atoms with Crippen molar-refractivity contribution < 1.29 is 4.39 Å². The lowest BCUT2D eigenvalue weighted by molar-refractivity contribution is 0.0921. The number of rotatable bonds is 5. The van der Waals surface area contributed by atoms with E-state index < -0.39 is 0 Å². The highest BCUT2D eigenvalue weighted by atomic mass is 32.1. The van der Waals surface area contributed by atoms with E-state index in [1.165, 1.54) is 16.7 Å². The zero-order valence-electron chi connectivity index (χ0n) is 17.3. The third-order valence-corrected chi connectivity index (χ3v) is 7.34. The Balaban J connectivity index is 1.23. The number of nitrogens with zero attached hydrogens (tertiary/aromatic N) is 3.